The van der Waals surface area contributed by atoms with Gasteiger partial charge >= 0.3 is 0 Å². The van der Waals surface area contributed by atoms with Crippen molar-refractivity contribution >= 4 is 0 Å². The highest BCUT2D eigenvalue weighted by atomic mass is 16.5. The quantitative estimate of drug-likeness (QED) is 0.697. The van der Waals surface area contributed by atoms with Gasteiger partial charge in [0.05, 0.1) is 7.11 Å². The maximum absolute atomic E-state index is 10.2. The van der Waals surface area contributed by atoms with Crippen LogP contribution < -0.4 is 14.8 Å². The monoisotopic (exact) mass is 314 g/mol. The third-order valence-corrected chi connectivity index (χ3v) is 3.54. The molecule has 4 heteroatoms. The van der Waals surface area contributed by atoms with Crippen LogP contribution in [0.2, 0.25) is 0 Å². The van der Waals surface area contributed by atoms with E-state index in [4.69, 9.17) is 9.47 Å². The normalized spacial score (nSPS) is 11.7. The van der Waals surface area contributed by atoms with Crippen molar-refractivity contribution in [3.8, 4) is 11.5 Å². The van der Waals surface area contributed by atoms with Gasteiger partial charge in [-0.25, -0.2) is 0 Å². The molecule has 0 amide bonds. The van der Waals surface area contributed by atoms with Crippen molar-refractivity contribution in [2.75, 3.05) is 20.3 Å². The van der Waals surface area contributed by atoms with Gasteiger partial charge in [0.1, 0.15) is 25.8 Å². The molecule has 0 aliphatic carbocycles. The molecular weight excluding hydrogens is 290 g/mol. The summed E-state index contributed by atoms with van der Waals surface area (Å²) in [4.78, 5) is 0. The molecule has 0 saturated carbocycles. The topological polar surface area (TPSA) is 55.3 Å². The molecule has 3 N–H and O–H groups in total. The van der Waals surface area contributed by atoms with Crippen molar-refractivity contribution in [2.45, 2.75) is 12.6 Å². The summed E-state index contributed by atoms with van der Waals surface area (Å²) in [6.07, 6.45) is 1.24. The Balaban J connectivity index is 1.89. The summed E-state index contributed by atoms with van der Waals surface area (Å²) in [5.74, 6) is 1.42. The fourth-order valence-electron chi connectivity index (χ4n) is 2.33. The third-order valence-electron chi connectivity index (χ3n) is 3.54. The molecule has 122 valence electrons. The maximum Gasteiger partial charge on any atom is 0.161 e. The van der Waals surface area contributed by atoms with Crippen molar-refractivity contribution < 1.29 is 19.9 Å². The predicted octanol–water partition coefficient (Wildman–Crippen LogP) is 2.06. The van der Waals surface area contributed by atoms with Crippen molar-refractivity contribution in [3.63, 3.8) is 0 Å². The van der Waals surface area contributed by atoms with Crippen molar-refractivity contribution in [1.29, 1.82) is 0 Å². The number of nitrogens with two attached hydrogens (primary N) is 1. The van der Waals surface area contributed by atoms with E-state index in [-0.39, 0.29) is 0 Å². The van der Waals surface area contributed by atoms with Gasteiger partial charge in [-0.15, -0.1) is 0 Å². The zero-order valence-electron chi connectivity index (χ0n) is 13.4. The molecule has 0 aromatic heterocycles. The Hall–Kier alpha value is -2.30. The fraction of sp³-hybridized carbons (Fsp3) is 0.263. The standard InChI is InChI=1S/C19H23NO3/c1-3-11-23-18-10-9-15(12-19(18)22-2)13-20-14-17(21)16-7-5-4-6-8-16/h3-10,12,17,20-21H,1,11,13-14H2,2H3/p+1/t17-/m1/s1. The molecule has 0 spiro atoms. The minimum absolute atomic E-state index is 0.450. The average molecular weight is 314 g/mol. The molecule has 0 fully saturated rings. The first-order valence-corrected chi connectivity index (χ1v) is 7.70. The third kappa shape index (κ3) is 5.13. The number of hydrogen-bond acceptors (Lipinski definition) is 3. The van der Waals surface area contributed by atoms with Crippen LogP contribution in [-0.4, -0.2) is 25.4 Å². The van der Waals surface area contributed by atoms with Crippen LogP contribution in [0.3, 0.4) is 0 Å². The van der Waals surface area contributed by atoms with Crippen LogP contribution >= 0.6 is 0 Å². The summed E-state index contributed by atoms with van der Waals surface area (Å²) in [7, 11) is 1.63. The van der Waals surface area contributed by atoms with Crippen LogP contribution in [0, 0.1) is 0 Å². The summed E-state index contributed by atoms with van der Waals surface area (Å²) >= 11 is 0. The molecule has 2 rings (SSSR count). The first-order chi connectivity index (χ1) is 11.2. The largest absolute Gasteiger partial charge is 0.493 e. The fourth-order valence-corrected chi connectivity index (χ4v) is 2.33. The molecule has 4 nitrogen and oxygen atoms in total. The highest BCUT2D eigenvalue weighted by Gasteiger charge is 2.10. The van der Waals surface area contributed by atoms with E-state index in [1.165, 1.54) is 0 Å². The zero-order chi connectivity index (χ0) is 16.5. The van der Waals surface area contributed by atoms with Crippen LogP contribution in [0.25, 0.3) is 0 Å². The zero-order valence-corrected chi connectivity index (χ0v) is 13.4. The maximum atomic E-state index is 10.2. The van der Waals surface area contributed by atoms with Crippen molar-refractivity contribution in [3.05, 3.63) is 72.3 Å². The summed E-state index contributed by atoms with van der Waals surface area (Å²) < 4.78 is 10.9. The summed E-state index contributed by atoms with van der Waals surface area (Å²) in [6, 6.07) is 15.6. The number of methoxy groups -OCH3 is 1. The van der Waals surface area contributed by atoms with Gasteiger partial charge in [-0.3, -0.25) is 0 Å². The van der Waals surface area contributed by atoms with Crippen LogP contribution in [0.5, 0.6) is 11.5 Å². The number of quaternary nitrogens is 1. The van der Waals surface area contributed by atoms with Crippen molar-refractivity contribution in [2.24, 2.45) is 0 Å². The number of ether oxygens (including phenoxy) is 2. The lowest BCUT2D eigenvalue weighted by Crippen LogP contribution is -2.83. The Labute approximate surface area is 137 Å². The molecule has 0 aliphatic rings. The molecule has 0 saturated heterocycles. The van der Waals surface area contributed by atoms with E-state index in [1.54, 1.807) is 13.2 Å². The van der Waals surface area contributed by atoms with Crippen LogP contribution in [0.4, 0.5) is 0 Å². The van der Waals surface area contributed by atoms with E-state index in [0.29, 0.717) is 24.7 Å². The first kappa shape index (κ1) is 17.1. The highest BCUT2D eigenvalue weighted by Crippen LogP contribution is 2.27. The van der Waals surface area contributed by atoms with E-state index < -0.39 is 6.10 Å². The van der Waals surface area contributed by atoms with Gasteiger partial charge in [-0.05, 0) is 23.8 Å². The Kier molecular flexibility index (Phi) is 6.66. The SMILES string of the molecule is C=CCOc1ccc(C[NH2+]C[C@@H](O)c2ccccc2)cc1OC. The van der Waals surface area contributed by atoms with Gasteiger partial charge < -0.3 is 19.9 Å². The number of aliphatic hydroxyl groups is 1. The molecule has 0 unspecified atom stereocenters. The van der Waals surface area contributed by atoms with Crippen LogP contribution in [-0.2, 0) is 6.54 Å². The number of aliphatic hydroxyl groups excluding tert-OH is 1. The highest BCUT2D eigenvalue weighted by molar-refractivity contribution is 5.42. The lowest BCUT2D eigenvalue weighted by Gasteiger charge is -2.12. The molecule has 0 bridgehead atoms. The van der Waals surface area contributed by atoms with Gasteiger partial charge in [0.15, 0.2) is 11.5 Å². The molecule has 0 aliphatic heterocycles. The summed E-state index contributed by atoms with van der Waals surface area (Å²) in [6.45, 7) is 5.46. The second-order valence-electron chi connectivity index (χ2n) is 5.24. The Morgan fingerprint density at radius 1 is 1.17 bits per heavy atom. The Morgan fingerprint density at radius 2 is 1.96 bits per heavy atom. The first-order valence-electron chi connectivity index (χ1n) is 7.70. The lowest BCUT2D eigenvalue weighted by atomic mass is 10.1. The molecule has 1 atom stereocenters. The van der Waals surface area contributed by atoms with Gasteiger partial charge in [-0.2, -0.15) is 0 Å². The smallest absolute Gasteiger partial charge is 0.161 e. The molecule has 2 aromatic carbocycles. The van der Waals surface area contributed by atoms with Crippen molar-refractivity contribution in [1.82, 2.24) is 0 Å². The van der Waals surface area contributed by atoms with Gasteiger partial charge in [0, 0.05) is 5.56 Å². The summed E-state index contributed by atoms with van der Waals surface area (Å²) in [5, 5.41) is 12.2. The van der Waals surface area contributed by atoms with Gasteiger partial charge in [-0.1, -0.05) is 43.0 Å². The molecular formula is C19H24NO3+. The van der Waals surface area contributed by atoms with Crippen LogP contribution in [0.1, 0.15) is 17.2 Å². The van der Waals surface area contributed by atoms with E-state index >= 15 is 0 Å². The Morgan fingerprint density at radius 3 is 2.65 bits per heavy atom. The average Bonchev–Trinajstić information content (AvgIpc) is 2.61. The summed E-state index contributed by atoms with van der Waals surface area (Å²) in [5.41, 5.74) is 2.06. The predicted molar refractivity (Wildman–Crippen MR) is 90.6 cm³/mol. The van der Waals surface area contributed by atoms with Gasteiger partial charge in [0.25, 0.3) is 0 Å². The minimum Gasteiger partial charge on any atom is -0.493 e. The number of benzene rings is 2. The van der Waals surface area contributed by atoms with E-state index in [9.17, 15) is 5.11 Å². The minimum atomic E-state index is -0.465. The van der Waals surface area contributed by atoms with Crippen LogP contribution in [0.15, 0.2) is 61.2 Å². The Bertz CT molecular complexity index is 613. The van der Waals surface area contributed by atoms with E-state index in [2.05, 4.69) is 11.9 Å². The van der Waals surface area contributed by atoms with E-state index in [1.807, 2.05) is 48.5 Å². The molecule has 23 heavy (non-hydrogen) atoms. The number of rotatable bonds is 9. The lowest BCUT2D eigenvalue weighted by molar-refractivity contribution is -0.677. The van der Waals surface area contributed by atoms with E-state index in [0.717, 1.165) is 17.7 Å². The molecule has 0 radical (unpaired) electrons. The second-order valence-corrected chi connectivity index (χ2v) is 5.24. The molecule has 0 heterocycles. The number of hydrogen-bond donors (Lipinski definition) is 2. The molecule has 2 aromatic rings. The second kappa shape index (κ2) is 8.98. The van der Waals surface area contributed by atoms with Gasteiger partial charge in [0.2, 0.25) is 0 Å².